The van der Waals surface area contributed by atoms with Gasteiger partial charge in [-0.3, -0.25) is 0 Å². The van der Waals surface area contributed by atoms with Gasteiger partial charge in [0.1, 0.15) is 5.82 Å². The van der Waals surface area contributed by atoms with Crippen LogP contribution in [0.3, 0.4) is 0 Å². The molecule has 0 aliphatic heterocycles. The lowest BCUT2D eigenvalue weighted by molar-refractivity contribution is -0.139. The highest BCUT2D eigenvalue weighted by Crippen LogP contribution is 2.29. The molecule has 1 unspecified atom stereocenters. The van der Waals surface area contributed by atoms with Gasteiger partial charge in [0, 0.05) is 6.20 Å². The lowest BCUT2D eigenvalue weighted by Gasteiger charge is -2.16. The number of pyridine rings is 1. The molecule has 2 aromatic rings. The number of nitrogens with zero attached hydrogens (tertiary/aromatic N) is 1. The highest BCUT2D eigenvalue weighted by atomic mass is 19.4. The summed E-state index contributed by atoms with van der Waals surface area (Å²) in [5.41, 5.74) is -0.411. The van der Waals surface area contributed by atoms with E-state index < -0.39 is 23.8 Å². The van der Waals surface area contributed by atoms with E-state index >= 15 is 0 Å². The van der Waals surface area contributed by atoms with Gasteiger partial charge in [-0.25, -0.2) is 9.78 Å². The quantitative estimate of drug-likeness (QED) is 0.908. The normalized spacial score (nSPS) is 12.7. The SMILES string of the molecule is O=C(O)C(Nc1ccc(C(F)(F)F)cn1)c1ccccc1. The number of carbonyl (C=O) groups is 1. The number of aliphatic carboxylic acids is 1. The molecule has 0 bridgehead atoms. The van der Waals surface area contributed by atoms with Crippen LogP contribution in [0.4, 0.5) is 19.0 Å². The zero-order chi connectivity index (χ0) is 15.5. The van der Waals surface area contributed by atoms with Crippen LogP contribution in [0.1, 0.15) is 17.2 Å². The molecule has 2 N–H and O–H groups in total. The first-order valence-corrected chi connectivity index (χ1v) is 5.95. The lowest BCUT2D eigenvalue weighted by atomic mass is 10.1. The first-order chi connectivity index (χ1) is 9.88. The Morgan fingerprint density at radius 2 is 1.81 bits per heavy atom. The summed E-state index contributed by atoms with van der Waals surface area (Å²) in [7, 11) is 0. The summed E-state index contributed by atoms with van der Waals surface area (Å²) in [5.74, 6) is -1.10. The molecule has 0 aliphatic rings. The van der Waals surface area contributed by atoms with Gasteiger partial charge in [0.05, 0.1) is 5.56 Å². The summed E-state index contributed by atoms with van der Waals surface area (Å²) < 4.78 is 37.3. The second-order valence-corrected chi connectivity index (χ2v) is 4.26. The molecule has 110 valence electrons. The number of rotatable bonds is 4. The average Bonchev–Trinajstić information content (AvgIpc) is 2.45. The molecule has 1 atom stereocenters. The number of aromatic nitrogens is 1. The molecule has 7 heteroatoms. The van der Waals surface area contributed by atoms with Crippen molar-refractivity contribution in [2.45, 2.75) is 12.2 Å². The van der Waals surface area contributed by atoms with Gasteiger partial charge in [-0.15, -0.1) is 0 Å². The highest BCUT2D eigenvalue weighted by molar-refractivity contribution is 5.78. The van der Waals surface area contributed by atoms with E-state index in [0.29, 0.717) is 11.8 Å². The molecule has 0 amide bonds. The second-order valence-electron chi connectivity index (χ2n) is 4.26. The number of halogens is 3. The summed E-state index contributed by atoms with van der Waals surface area (Å²) in [4.78, 5) is 14.9. The monoisotopic (exact) mass is 296 g/mol. The van der Waals surface area contributed by atoms with Crippen LogP contribution in [0.5, 0.6) is 0 Å². The predicted molar refractivity (Wildman–Crippen MR) is 69.7 cm³/mol. The van der Waals surface area contributed by atoms with Crippen molar-refractivity contribution < 1.29 is 23.1 Å². The third-order valence-corrected chi connectivity index (χ3v) is 2.76. The third-order valence-electron chi connectivity index (χ3n) is 2.76. The average molecular weight is 296 g/mol. The number of anilines is 1. The Morgan fingerprint density at radius 3 is 2.29 bits per heavy atom. The van der Waals surface area contributed by atoms with Crippen LogP contribution in [-0.4, -0.2) is 16.1 Å². The number of benzene rings is 1. The van der Waals surface area contributed by atoms with Gasteiger partial charge in [0.25, 0.3) is 0 Å². The number of carboxylic acids is 1. The first kappa shape index (κ1) is 14.8. The minimum Gasteiger partial charge on any atom is -0.479 e. The van der Waals surface area contributed by atoms with E-state index in [1.165, 1.54) is 0 Å². The number of alkyl halides is 3. The van der Waals surface area contributed by atoms with Crippen molar-refractivity contribution in [2.75, 3.05) is 5.32 Å². The van der Waals surface area contributed by atoms with E-state index in [2.05, 4.69) is 10.3 Å². The van der Waals surface area contributed by atoms with Crippen molar-refractivity contribution in [3.05, 3.63) is 59.8 Å². The van der Waals surface area contributed by atoms with Crippen molar-refractivity contribution in [3.8, 4) is 0 Å². The molecule has 1 aromatic carbocycles. The van der Waals surface area contributed by atoms with Gasteiger partial charge < -0.3 is 10.4 Å². The molecule has 0 aliphatic carbocycles. The fourth-order valence-corrected chi connectivity index (χ4v) is 1.73. The molecule has 21 heavy (non-hydrogen) atoms. The second kappa shape index (κ2) is 5.82. The van der Waals surface area contributed by atoms with Gasteiger partial charge in [-0.1, -0.05) is 30.3 Å². The van der Waals surface area contributed by atoms with E-state index in [0.717, 1.165) is 12.1 Å². The molecule has 0 spiro atoms. The maximum absolute atomic E-state index is 12.4. The van der Waals surface area contributed by atoms with E-state index in [4.69, 9.17) is 0 Å². The molecule has 0 saturated carbocycles. The van der Waals surface area contributed by atoms with Crippen LogP contribution in [-0.2, 0) is 11.0 Å². The highest BCUT2D eigenvalue weighted by Gasteiger charge is 2.30. The third kappa shape index (κ3) is 3.71. The van der Waals surface area contributed by atoms with E-state index in [1.54, 1.807) is 30.3 Å². The standard InChI is InChI=1S/C14H11F3N2O2/c15-14(16,17)10-6-7-11(18-8-10)19-12(13(20)21)9-4-2-1-3-5-9/h1-8,12H,(H,18,19)(H,20,21). The van der Waals surface area contributed by atoms with Crippen LogP contribution in [0.25, 0.3) is 0 Å². The largest absolute Gasteiger partial charge is 0.479 e. The Labute approximate surface area is 118 Å². The van der Waals surface area contributed by atoms with Crippen LogP contribution in [0.15, 0.2) is 48.7 Å². The predicted octanol–water partition coefficient (Wildman–Crippen LogP) is 3.34. The Hall–Kier alpha value is -2.57. The maximum atomic E-state index is 12.4. The first-order valence-electron chi connectivity index (χ1n) is 5.95. The maximum Gasteiger partial charge on any atom is 0.417 e. The number of hydrogen-bond acceptors (Lipinski definition) is 3. The molecule has 4 nitrogen and oxygen atoms in total. The van der Waals surface area contributed by atoms with Crippen molar-refractivity contribution in [1.29, 1.82) is 0 Å². The minimum absolute atomic E-state index is 0.0549. The zero-order valence-electron chi connectivity index (χ0n) is 10.6. The summed E-state index contributed by atoms with van der Waals surface area (Å²) >= 11 is 0. The molecule has 1 heterocycles. The number of carboxylic acid groups (broad SMARTS) is 1. The van der Waals surface area contributed by atoms with Gasteiger partial charge in [0.15, 0.2) is 6.04 Å². The van der Waals surface area contributed by atoms with Gasteiger partial charge in [-0.2, -0.15) is 13.2 Å². The van der Waals surface area contributed by atoms with E-state index in [1.807, 2.05) is 0 Å². The van der Waals surface area contributed by atoms with Gasteiger partial charge >= 0.3 is 12.1 Å². The number of hydrogen-bond donors (Lipinski definition) is 2. The fraction of sp³-hybridized carbons (Fsp3) is 0.143. The summed E-state index contributed by atoms with van der Waals surface area (Å²) in [6.45, 7) is 0. The molecule has 0 radical (unpaired) electrons. The molecule has 0 saturated heterocycles. The van der Waals surface area contributed by atoms with Gasteiger partial charge in [0.2, 0.25) is 0 Å². The van der Waals surface area contributed by atoms with Crippen LogP contribution in [0.2, 0.25) is 0 Å². The van der Waals surface area contributed by atoms with Crippen molar-refractivity contribution >= 4 is 11.8 Å². The van der Waals surface area contributed by atoms with Crippen molar-refractivity contribution in [3.63, 3.8) is 0 Å². The summed E-state index contributed by atoms with van der Waals surface area (Å²) in [6.07, 6.45) is -3.82. The van der Waals surface area contributed by atoms with Gasteiger partial charge in [-0.05, 0) is 17.7 Å². The minimum atomic E-state index is -4.48. The summed E-state index contributed by atoms with van der Waals surface area (Å²) in [6, 6.07) is 9.15. The molecule has 2 rings (SSSR count). The smallest absolute Gasteiger partial charge is 0.417 e. The Bertz CT molecular complexity index is 612. The van der Waals surface area contributed by atoms with Crippen LogP contribution < -0.4 is 5.32 Å². The fourth-order valence-electron chi connectivity index (χ4n) is 1.73. The van der Waals surface area contributed by atoms with Crippen LogP contribution >= 0.6 is 0 Å². The van der Waals surface area contributed by atoms with E-state index in [9.17, 15) is 23.1 Å². The molecule has 0 fully saturated rings. The van der Waals surface area contributed by atoms with Crippen molar-refractivity contribution in [1.82, 2.24) is 4.98 Å². The molecular formula is C14H11F3N2O2. The Balaban J connectivity index is 2.20. The lowest BCUT2D eigenvalue weighted by Crippen LogP contribution is -2.21. The molecular weight excluding hydrogens is 285 g/mol. The Morgan fingerprint density at radius 1 is 1.14 bits per heavy atom. The zero-order valence-corrected chi connectivity index (χ0v) is 10.6. The van der Waals surface area contributed by atoms with E-state index in [-0.39, 0.29) is 5.82 Å². The van der Waals surface area contributed by atoms with Crippen LogP contribution in [0, 0.1) is 0 Å². The molecule has 1 aromatic heterocycles. The van der Waals surface area contributed by atoms with Crippen molar-refractivity contribution in [2.24, 2.45) is 0 Å². The Kier molecular flexibility index (Phi) is 4.11. The number of nitrogens with one attached hydrogen (secondary N) is 1. The summed E-state index contributed by atoms with van der Waals surface area (Å²) in [5, 5.41) is 11.8. The topological polar surface area (TPSA) is 62.2 Å².